The summed E-state index contributed by atoms with van der Waals surface area (Å²) in [5.41, 5.74) is 4.21. The molecule has 0 saturated carbocycles. The smallest absolute Gasteiger partial charge is 0.244 e. The summed E-state index contributed by atoms with van der Waals surface area (Å²) >= 11 is 0. The number of nitrogens with one attached hydrogen (secondary N) is 1. The van der Waals surface area contributed by atoms with Crippen LogP contribution in [0.3, 0.4) is 0 Å². The molecule has 33 heavy (non-hydrogen) atoms. The van der Waals surface area contributed by atoms with E-state index in [9.17, 15) is 4.79 Å². The lowest BCUT2D eigenvalue weighted by Crippen LogP contribution is -2.23. The van der Waals surface area contributed by atoms with E-state index in [4.69, 9.17) is 9.72 Å². The zero-order valence-corrected chi connectivity index (χ0v) is 19.1. The molecular weight excluding hydrogens is 410 g/mol. The van der Waals surface area contributed by atoms with Crippen molar-refractivity contribution in [2.45, 2.75) is 39.5 Å². The normalized spacial score (nSPS) is 11.4. The van der Waals surface area contributed by atoms with Gasteiger partial charge in [0.25, 0.3) is 0 Å². The zero-order valence-electron chi connectivity index (χ0n) is 19.1. The number of carbonyl (C=O) groups excluding carboxylic acids is 1. The number of amides is 1. The van der Waals surface area contributed by atoms with Crippen LogP contribution in [0.2, 0.25) is 0 Å². The number of rotatable bonds is 9. The first kappa shape index (κ1) is 22.3. The quantitative estimate of drug-likeness (QED) is 0.356. The Morgan fingerprint density at radius 2 is 1.82 bits per heavy atom. The van der Waals surface area contributed by atoms with Crippen LogP contribution >= 0.6 is 0 Å². The van der Waals surface area contributed by atoms with Gasteiger partial charge in [-0.15, -0.1) is 0 Å². The zero-order chi connectivity index (χ0) is 23.0. The molecular formula is C28H29N3O2. The predicted octanol–water partition coefficient (Wildman–Crippen LogP) is 5.40. The van der Waals surface area contributed by atoms with Crippen LogP contribution in [0.5, 0.6) is 5.75 Å². The molecule has 0 fully saturated rings. The Labute approximate surface area is 194 Å². The molecule has 1 heterocycles. The van der Waals surface area contributed by atoms with Crippen LogP contribution in [0.15, 0.2) is 84.9 Å². The highest BCUT2D eigenvalue weighted by Gasteiger charge is 2.11. The third kappa shape index (κ3) is 6.10. The molecule has 4 aromatic rings. The van der Waals surface area contributed by atoms with Gasteiger partial charge >= 0.3 is 0 Å². The van der Waals surface area contributed by atoms with Gasteiger partial charge in [-0.3, -0.25) is 4.79 Å². The largest absolute Gasteiger partial charge is 0.491 e. The van der Waals surface area contributed by atoms with Crippen LogP contribution in [0.1, 0.15) is 30.8 Å². The summed E-state index contributed by atoms with van der Waals surface area (Å²) in [6.07, 6.45) is 4.34. The first-order valence-corrected chi connectivity index (χ1v) is 11.3. The maximum Gasteiger partial charge on any atom is 0.244 e. The average molecular weight is 440 g/mol. The van der Waals surface area contributed by atoms with Crippen LogP contribution in [0, 0.1) is 0 Å². The highest BCUT2D eigenvalue weighted by Crippen LogP contribution is 2.18. The Balaban J connectivity index is 1.43. The van der Waals surface area contributed by atoms with Crippen molar-refractivity contribution >= 4 is 23.0 Å². The third-order valence-electron chi connectivity index (χ3n) is 5.28. The second kappa shape index (κ2) is 10.6. The van der Waals surface area contributed by atoms with Crippen molar-refractivity contribution in [3.05, 3.63) is 102 Å². The molecule has 3 aromatic carbocycles. The fourth-order valence-electron chi connectivity index (χ4n) is 3.76. The van der Waals surface area contributed by atoms with Crippen molar-refractivity contribution in [1.29, 1.82) is 0 Å². The Bertz CT molecular complexity index is 1240. The molecule has 0 atom stereocenters. The monoisotopic (exact) mass is 439 g/mol. The van der Waals surface area contributed by atoms with E-state index in [-0.39, 0.29) is 12.0 Å². The standard InChI is InChI=1S/C28H29N3O2/c1-21(2)33-24-12-8-11-23(19-24)15-16-28(32)29-20-27-30-25-13-6-7-14-26(25)31(27)18-17-22-9-4-3-5-10-22/h3-16,19,21H,17-18,20H2,1-2H3,(H,29,32)/b16-15+. The Hall–Kier alpha value is -3.86. The van der Waals surface area contributed by atoms with Crippen molar-refractivity contribution in [2.24, 2.45) is 0 Å². The van der Waals surface area contributed by atoms with Crippen molar-refractivity contribution in [1.82, 2.24) is 14.9 Å². The first-order valence-electron chi connectivity index (χ1n) is 11.3. The summed E-state index contributed by atoms with van der Waals surface area (Å²) in [4.78, 5) is 17.3. The second-order valence-electron chi connectivity index (χ2n) is 8.19. The molecule has 1 aromatic heterocycles. The minimum absolute atomic E-state index is 0.105. The summed E-state index contributed by atoms with van der Waals surface area (Å²) in [7, 11) is 0. The molecule has 1 N–H and O–H groups in total. The molecule has 0 aliphatic heterocycles. The Kier molecular flexibility index (Phi) is 7.20. The van der Waals surface area contributed by atoms with Gasteiger partial charge in [0, 0.05) is 12.6 Å². The van der Waals surface area contributed by atoms with Crippen LogP contribution in [-0.2, 0) is 24.3 Å². The predicted molar refractivity (Wildman–Crippen MR) is 133 cm³/mol. The molecule has 4 rings (SSSR count). The maximum absolute atomic E-state index is 12.5. The number of ether oxygens (including phenoxy) is 1. The van der Waals surface area contributed by atoms with Gasteiger partial charge in [-0.1, -0.05) is 54.6 Å². The van der Waals surface area contributed by atoms with Crippen LogP contribution in [-0.4, -0.2) is 21.6 Å². The van der Waals surface area contributed by atoms with Gasteiger partial charge in [0.2, 0.25) is 5.91 Å². The van der Waals surface area contributed by atoms with E-state index in [1.165, 1.54) is 5.56 Å². The van der Waals surface area contributed by atoms with E-state index in [1.807, 2.05) is 62.4 Å². The van der Waals surface area contributed by atoms with Gasteiger partial charge in [0.15, 0.2) is 0 Å². The number of carbonyl (C=O) groups is 1. The molecule has 0 aliphatic rings. The molecule has 0 radical (unpaired) electrons. The molecule has 0 saturated heterocycles. The first-order chi connectivity index (χ1) is 16.1. The van der Waals surface area contributed by atoms with E-state index in [0.29, 0.717) is 6.54 Å². The average Bonchev–Trinajstić information content (AvgIpc) is 3.18. The number of imidazole rings is 1. The van der Waals surface area contributed by atoms with E-state index < -0.39 is 0 Å². The van der Waals surface area contributed by atoms with Crippen molar-refractivity contribution < 1.29 is 9.53 Å². The van der Waals surface area contributed by atoms with Crippen LogP contribution < -0.4 is 10.1 Å². The van der Waals surface area contributed by atoms with E-state index in [2.05, 4.69) is 40.2 Å². The fraction of sp³-hybridized carbons (Fsp3) is 0.214. The number of para-hydroxylation sites is 2. The summed E-state index contributed by atoms with van der Waals surface area (Å²) in [5.74, 6) is 1.48. The lowest BCUT2D eigenvalue weighted by molar-refractivity contribution is -0.116. The SMILES string of the molecule is CC(C)Oc1cccc(/C=C/C(=O)NCc2nc3ccccc3n2CCc2ccccc2)c1. The fourth-order valence-corrected chi connectivity index (χ4v) is 3.76. The lowest BCUT2D eigenvalue weighted by atomic mass is 10.1. The summed E-state index contributed by atoms with van der Waals surface area (Å²) in [6.45, 7) is 5.14. The summed E-state index contributed by atoms with van der Waals surface area (Å²) in [6, 6.07) is 26.2. The van der Waals surface area contributed by atoms with E-state index in [1.54, 1.807) is 12.2 Å². The van der Waals surface area contributed by atoms with Gasteiger partial charge in [0.1, 0.15) is 11.6 Å². The number of aryl methyl sites for hydroxylation is 2. The highest BCUT2D eigenvalue weighted by atomic mass is 16.5. The van der Waals surface area contributed by atoms with Gasteiger partial charge in [-0.25, -0.2) is 4.98 Å². The van der Waals surface area contributed by atoms with E-state index >= 15 is 0 Å². The van der Waals surface area contributed by atoms with Gasteiger partial charge < -0.3 is 14.6 Å². The third-order valence-corrected chi connectivity index (χ3v) is 5.28. The van der Waals surface area contributed by atoms with Crippen LogP contribution in [0.4, 0.5) is 0 Å². The topological polar surface area (TPSA) is 56.1 Å². The minimum atomic E-state index is -0.160. The molecule has 0 unspecified atom stereocenters. The number of aromatic nitrogens is 2. The number of nitrogens with zero attached hydrogens (tertiary/aromatic N) is 2. The molecule has 0 spiro atoms. The number of hydrogen-bond donors (Lipinski definition) is 1. The van der Waals surface area contributed by atoms with Crippen molar-refractivity contribution in [3.8, 4) is 5.75 Å². The Morgan fingerprint density at radius 1 is 1.03 bits per heavy atom. The number of fused-ring (bicyclic) bond motifs is 1. The summed E-state index contributed by atoms with van der Waals surface area (Å²) in [5, 5.41) is 2.98. The highest BCUT2D eigenvalue weighted by molar-refractivity contribution is 5.91. The van der Waals surface area contributed by atoms with Crippen LogP contribution in [0.25, 0.3) is 17.1 Å². The van der Waals surface area contributed by atoms with Crippen molar-refractivity contribution in [2.75, 3.05) is 0 Å². The summed E-state index contributed by atoms with van der Waals surface area (Å²) < 4.78 is 7.91. The molecule has 5 nitrogen and oxygen atoms in total. The van der Waals surface area contributed by atoms with Gasteiger partial charge in [-0.2, -0.15) is 0 Å². The van der Waals surface area contributed by atoms with E-state index in [0.717, 1.165) is 41.1 Å². The van der Waals surface area contributed by atoms with Gasteiger partial charge in [0.05, 0.1) is 23.7 Å². The molecule has 1 amide bonds. The lowest BCUT2D eigenvalue weighted by Gasteiger charge is -2.10. The molecule has 0 bridgehead atoms. The number of benzene rings is 3. The molecule has 168 valence electrons. The molecule has 0 aliphatic carbocycles. The minimum Gasteiger partial charge on any atom is -0.491 e. The van der Waals surface area contributed by atoms with Gasteiger partial charge in [-0.05, 0) is 61.7 Å². The molecule has 5 heteroatoms. The number of hydrogen-bond acceptors (Lipinski definition) is 3. The van der Waals surface area contributed by atoms with Crippen molar-refractivity contribution in [3.63, 3.8) is 0 Å². The second-order valence-corrected chi connectivity index (χ2v) is 8.19. The maximum atomic E-state index is 12.5. The Morgan fingerprint density at radius 3 is 2.64 bits per heavy atom.